The molecule has 2 N–H and O–H groups in total. The topological polar surface area (TPSA) is 46.2 Å². The van der Waals surface area contributed by atoms with E-state index in [1.807, 2.05) is 25.1 Å². The molecule has 0 aliphatic carbocycles. The van der Waals surface area contributed by atoms with Crippen molar-refractivity contribution in [1.82, 2.24) is 10.3 Å². The van der Waals surface area contributed by atoms with Crippen LogP contribution in [0, 0.1) is 6.92 Å². The van der Waals surface area contributed by atoms with Crippen LogP contribution in [0.15, 0.2) is 18.2 Å². The Bertz CT molecular complexity index is 329. The van der Waals surface area contributed by atoms with Gasteiger partial charge in [-0.3, -0.25) is 0 Å². The molecular formula is C11H17N3O. The molecule has 82 valence electrons. The number of hydrogen-bond acceptors (Lipinski definition) is 4. The molecule has 1 saturated heterocycles. The van der Waals surface area contributed by atoms with Crippen molar-refractivity contribution in [3.63, 3.8) is 0 Å². The number of hydrogen-bond donors (Lipinski definition) is 2. The predicted molar refractivity (Wildman–Crippen MR) is 60.1 cm³/mol. The van der Waals surface area contributed by atoms with Crippen molar-refractivity contribution in [2.75, 3.05) is 25.5 Å². The van der Waals surface area contributed by atoms with E-state index in [-0.39, 0.29) is 6.10 Å². The number of nitrogens with one attached hydrogen (secondary N) is 2. The smallest absolute Gasteiger partial charge is 0.126 e. The van der Waals surface area contributed by atoms with Gasteiger partial charge in [-0.2, -0.15) is 0 Å². The highest BCUT2D eigenvalue weighted by Gasteiger charge is 2.26. The lowest BCUT2D eigenvalue weighted by molar-refractivity contribution is 0.111. The minimum Gasteiger partial charge on any atom is -0.378 e. The zero-order valence-electron chi connectivity index (χ0n) is 9.16. The van der Waals surface area contributed by atoms with Crippen molar-refractivity contribution in [3.05, 3.63) is 23.9 Å². The van der Waals surface area contributed by atoms with Crippen LogP contribution in [-0.2, 0) is 4.74 Å². The van der Waals surface area contributed by atoms with Crippen LogP contribution in [0.2, 0.25) is 0 Å². The summed E-state index contributed by atoms with van der Waals surface area (Å²) in [5.41, 5.74) is 1.03. The highest BCUT2D eigenvalue weighted by Crippen LogP contribution is 2.11. The molecule has 1 unspecified atom stereocenters. The van der Waals surface area contributed by atoms with E-state index < -0.39 is 0 Å². The second kappa shape index (κ2) is 4.59. The van der Waals surface area contributed by atoms with Crippen molar-refractivity contribution >= 4 is 5.82 Å². The molecule has 2 heterocycles. The summed E-state index contributed by atoms with van der Waals surface area (Å²) in [6.07, 6.45) is 0.229. The van der Waals surface area contributed by atoms with E-state index >= 15 is 0 Å². The summed E-state index contributed by atoms with van der Waals surface area (Å²) in [4.78, 5) is 4.41. The summed E-state index contributed by atoms with van der Waals surface area (Å²) in [7, 11) is 1.75. The molecule has 2 rings (SSSR count). The maximum atomic E-state index is 5.37. The van der Waals surface area contributed by atoms with Gasteiger partial charge in [-0.15, -0.1) is 0 Å². The Labute approximate surface area is 90.0 Å². The van der Waals surface area contributed by atoms with Gasteiger partial charge in [-0.1, -0.05) is 6.07 Å². The van der Waals surface area contributed by atoms with Crippen LogP contribution in [0.25, 0.3) is 0 Å². The number of aromatic nitrogens is 1. The minimum absolute atomic E-state index is 0.229. The molecule has 0 amide bonds. The molecule has 0 bridgehead atoms. The van der Waals surface area contributed by atoms with Gasteiger partial charge < -0.3 is 15.4 Å². The lowest BCUT2D eigenvalue weighted by atomic mass is 10.2. The van der Waals surface area contributed by atoms with E-state index in [1.54, 1.807) is 7.11 Å². The van der Waals surface area contributed by atoms with E-state index in [0.717, 1.165) is 24.6 Å². The maximum absolute atomic E-state index is 5.37. The Hall–Kier alpha value is -1.13. The molecule has 4 nitrogen and oxygen atoms in total. The van der Waals surface area contributed by atoms with Gasteiger partial charge in [0, 0.05) is 25.9 Å². The van der Waals surface area contributed by atoms with E-state index in [9.17, 15) is 0 Å². The fraction of sp³-hybridized carbons (Fsp3) is 0.545. The Morgan fingerprint density at radius 1 is 1.47 bits per heavy atom. The average Bonchev–Trinajstić information content (AvgIpc) is 2.65. The van der Waals surface area contributed by atoms with Crippen molar-refractivity contribution in [2.45, 2.75) is 19.1 Å². The van der Waals surface area contributed by atoms with Crippen LogP contribution in [0.5, 0.6) is 0 Å². The van der Waals surface area contributed by atoms with Crippen molar-refractivity contribution in [3.8, 4) is 0 Å². The summed E-state index contributed by atoms with van der Waals surface area (Å²) in [6.45, 7) is 3.82. The molecular weight excluding hydrogens is 190 g/mol. The Morgan fingerprint density at radius 3 is 3.07 bits per heavy atom. The summed E-state index contributed by atoms with van der Waals surface area (Å²) in [5, 5.41) is 6.68. The van der Waals surface area contributed by atoms with E-state index in [4.69, 9.17) is 4.74 Å². The predicted octanol–water partition coefficient (Wildman–Crippen LogP) is 0.789. The number of rotatable bonds is 3. The zero-order valence-corrected chi connectivity index (χ0v) is 9.16. The van der Waals surface area contributed by atoms with E-state index in [2.05, 4.69) is 15.6 Å². The van der Waals surface area contributed by atoms with Gasteiger partial charge in [-0.25, -0.2) is 4.98 Å². The second-order valence-corrected chi connectivity index (χ2v) is 3.85. The molecule has 1 aromatic rings. The maximum Gasteiger partial charge on any atom is 0.126 e. The number of ether oxygens (including phenoxy) is 1. The first-order valence-corrected chi connectivity index (χ1v) is 5.23. The Morgan fingerprint density at radius 2 is 2.33 bits per heavy atom. The van der Waals surface area contributed by atoms with Crippen molar-refractivity contribution in [2.24, 2.45) is 0 Å². The van der Waals surface area contributed by atoms with Crippen LogP contribution in [-0.4, -0.2) is 37.3 Å². The highest BCUT2D eigenvalue weighted by molar-refractivity contribution is 5.37. The number of methoxy groups -OCH3 is 1. The SMILES string of the molecule is CO[C@H]1CNCC1Nc1cccc(C)n1. The van der Waals surface area contributed by atoms with Crippen LogP contribution in [0.3, 0.4) is 0 Å². The molecule has 1 aliphatic rings. The molecule has 0 aromatic carbocycles. The molecule has 1 aliphatic heterocycles. The van der Waals surface area contributed by atoms with Crippen LogP contribution < -0.4 is 10.6 Å². The third-order valence-corrected chi connectivity index (χ3v) is 2.68. The van der Waals surface area contributed by atoms with E-state index in [1.165, 1.54) is 0 Å². The first kappa shape index (κ1) is 10.4. The van der Waals surface area contributed by atoms with Gasteiger partial charge in [0.05, 0.1) is 12.1 Å². The lowest BCUT2D eigenvalue weighted by Crippen LogP contribution is -2.33. The van der Waals surface area contributed by atoms with Crippen molar-refractivity contribution < 1.29 is 4.74 Å². The fourth-order valence-corrected chi connectivity index (χ4v) is 1.86. The Kier molecular flexibility index (Phi) is 3.18. The largest absolute Gasteiger partial charge is 0.378 e. The van der Waals surface area contributed by atoms with Crippen LogP contribution >= 0.6 is 0 Å². The van der Waals surface area contributed by atoms with Crippen LogP contribution in [0.1, 0.15) is 5.69 Å². The zero-order chi connectivity index (χ0) is 10.7. The van der Waals surface area contributed by atoms with E-state index in [0.29, 0.717) is 6.04 Å². The number of pyridine rings is 1. The summed E-state index contributed by atoms with van der Waals surface area (Å²) >= 11 is 0. The molecule has 1 fully saturated rings. The standard InChI is InChI=1S/C11H17N3O/c1-8-4-3-5-11(13-8)14-9-6-12-7-10(9)15-2/h3-5,9-10,12H,6-7H2,1-2H3,(H,13,14)/t9?,10-/m0/s1. The van der Waals surface area contributed by atoms with Gasteiger partial charge in [0.25, 0.3) is 0 Å². The van der Waals surface area contributed by atoms with Gasteiger partial charge in [0.1, 0.15) is 5.82 Å². The lowest BCUT2D eigenvalue weighted by Gasteiger charge is -2.19. The summed E-state index contributed by atoms with van der Waals surface area (Å²) in [6, 6.07) is 6.29. The normalized spacial score (nSPS) is 25.5. The molecule has 2 atom stereocenters. The fourth-order valence-electron chi connectivity index (χ4n) is 1.86. The van der Waals surface area contributed by atoms with Gasteiger partial charge >= 0.3 is 0 Å². The monoisotopic (exact) mass is 207 g/mol. The first-order valence-electron chi connectivity index (χ1n) is 5.23. The Balaban J connectivity index is 2.02. The summed E-state index contributed by atoms with van der Waals surface area (Å²) < 4.78 is 5.37. The second-order valence-electron chi connectivity index (χ2n) is 3.85. The van der Waals surface area contributed by atoms with Crippen molar-refractivity contribution in [1.29, 1.82) is 0 Å². The molecule has 0 saturated carbocycles. The minimum atomic E-state index is 0.229. The molecule has 4 heteroatoms. The molecule has 0 spiro atoms. The van der Waals surface area contributed by atoms with Crippen LogP contribution in [0.4, 0.5) is 5.82 Å². The molecule has 0 radical (unpaired) electrons. The third kappa shape index (κ3) is 2.46. The van der Waals surface area contributed by atoms with Gasteiger partial charge in [-0.05, 0) is 19.1 Å². The summed E-state index contributed by atoms with van der Waals surface area (Å²) in [5.74, 6) is 0.922. The number of anilines is 1. The third-order valence-electron chi connectivity index (χ3n) is 2.68. The number of nitrogens with zero attached hydrogens (tertiary/aromatic N) is 1. The highest BCUT2D eigenvalue weighted by atomic mass is 16.5. The first-order chi connectivity index (χ1) is 7.29. The van der Waals surface area contributed by atoms with Gasteiger partial charge in [0.2, 0.25) is 0 Å². The number of aryl methyl sites for hydroxylation is 1. The average molecular weight is 207 g/mol. The van der Waals surface area contributed by atoms with Gasteiger partial charge in [0.15, 0.2) is 0 Å². The molecule has 1 aromatic heterocycles. The molecule has 15 heavy (non-hydrogen) atoms. The quantitative estimate of drug-likeness (QED) is 0.769.